The second kappa shape index (κ2) is 12.1. The van der Waals surface area contributed by atoms with E-state index in [0.29, 0.717) is 75.9 Å². The van der Waals surface area contributed by atoms with E-state index >= 15 is 0 Å². The molecule has 3 heterocycles. The van der Waals surface area contributed by atoms with Gasteiger partial charge in [0.05, 0.1) is 9.29 Å². The van der Waals surface area contributed by atoms with E-state index in [1.54, 1.807) is 6.07 Å². The SMILES string of the molecule is [2H]c1cc(C(=O)NC2=NCc3ccc(Cc4cc(C)cc(F)c4)cc32)c(CC2CCOCC2)c([2H])c1N1CCN(C([2H])([2H])[2H])CC1. The fourth-order valence-corrected chi connectivity index (χ4v) is 5.95. The summed E-state index contributed by atoms with van der Waals surface area (Å²) >= 11 is 0. The van der Waals surface area contributed by atoms with E-state index < -0.39 is 12.9 Å². The zero-order chi connectivity index (χ0) is 32.6. The molecule has 6 nitrogen and oxygen atoms in total. The van der Waals surface area contributed by atoms with Gasteiger partial charge in [-0.1, -0.05) is 18.2 Å². The second-order valence-corrected chi connectivity index (χ2v) is 11.3. The van der Waals surface area contributed by atoms with Crippen molar-refractivity contribution in [3.63, 3.8) is 0 Å². The highest BCUT2D eigenvalue weighted by Gasteiger charge is 2.24. The van der Waals surface area contributed by atoms with Crippen LogP contribution in [0, 0.1) is 18.7 Å². The molecular weight excluding hydrogens is 515 g/mol. The first-order chi connectivity index (χ1) is 22.0. The number of rotatable bonds is 6. The number of aryl methyl sites for hydroxylation is 1. The number of amides is 1. The zero-order valence-corrected chi connectivity index (χ0v) is 23.4. The molecule has 0 aliphatic carbocycles. The van der Waals surface area contributed by atoms with Gasteiger partial charge in [0.1, 0.15) is 11.7 Å². The molecule has 0 spiro atoms. The van der Waals surface area contributed by atoms with E-state index in [9.17, 15) is 10.6 Å². The molecule has 0 saturated carbocycles. The van der Waals surface area contributed by atoms with Crippen molar-refractivity contribution in [2.45, 2.75) is 39.2 Å². The van der Waals surface area contributed by atoms with Crippen LogP contribution in [0.2, 0.25) is 0 Å². The fourth-order valence-electron chi connectivity index (χ4n) is 5.95. The van der Waals surface area contributed by atoms with Gasteiger partial charge in [-0.15, -0.1) is 0 Å². The van der Waals surface area contributed by atoms with E-state index in [1.807, 2.05) is 36.1 Å². The third-order valence-corrected chi connectivity index (χ3v) is 8.20. The van der Waals surface area contributed by atoms with Crippen molar-refractivity contribution in [2.24, 2.45) is 10.9 Å². The summed E-state index contributed by atoms with van der Waals surface area (Å²) in [5, 5.41) is 2.99. The first kappa shape index (κ1) is 22.1. The highest BCUT2D eigenvalue weighted by molar-refractivity contribution is 6.14. The summed E-state index contributed by atoms with van der Waals surface area (Å²) in [6.07, 6.45) is 2.69. The maximum absolute atomic E-state index is 14.0. The molecule has 0 radical (unpaired) electrons. The van der Waals surface area contributed by atoms with Gasteiger partial charge in [-0.3, -0.25) is 9.79 Å². The average molecular weight is 560 g/mol. The van der Waals surface area contributed by atoms with Crippen LogP contribution in [0.4, 0.5) is 10.1 Å². The number of piperazine rings is 1. The Morgan fingerprint density at radius 3 is 2.73 bits per heavy atom. The number of fused-ring (bicyclic) bond motifs is 1. The number of halogens is 1. The van der Waals surface area contributed by atoms with Gasteiger partial charge >= 0.3 is 0 Å². The van der Waals surface area contributed by atoms with Crippen LogP contribution in [-0.4, -0.2) is 63.0 Å². The van der Waals surface area contributed by atoms with Gasteiger partial charge < -0.3 is 19.9 Å². The molecule has 0 bridgehead atoms. The average Bonchev–Trinajstić information content (AvgIpc) is 3.40. The fraction of sp³-hybridized carbons (Fsp3) is 0.412. The van der Waals surface area contributed by atoms with Gasteiger partial charge in [-0.25, -0.2) is 4.39 Å². The number of carbonyl (C=O) groups excluding carboxylic acids is 1. The van der Waals surface area contributed by atoms with E-state index in [2.05, 4.69) is 10.3 Å². The predicted molar refractivity (Wildman–Crippen MR) is 161 cm³/mol. The molecule has 2 saturated heterocycles. The standard InChI is InChI=1S/C34H39FN4O2/c1-23-15-26(19-29(35)16-23)17-25-3-4-27-22-36-33(32(27)20-25)37-34(40)31-6-5-30(39-11-9-38(2)10-12-39)21-28(31)18-24-7-13-41-14-8-24/h3-6,15-16,19-21,24H,7-14,17-18,22H2,1-2H3,(H,36,37,40)/i2D3,5D,21D. The lowest BCUT2D eigenvalue weighted by Crippen LogP contribution is -2.44. The molecule has 3 aromatic carbocycles. The number of amidine groups is 1. The number of aliphatic imine (C=N–C) groups is 1. The van der Waals surface area contributed by atoms with Gasteiger partial charge in [0.25, 0.3) is 5.91 Å². The highest BCUT2D eigenvalue weighted by Crippen LogP contribution is 2.28. The Balaban J connectivity index is 1.27. The van der Waals surface area contributed by atoms with Crippen LogP contribution in [0.15, 0.2) is 59.5 Å². The van der Waals surface area contributed by atoms with E-state index in [-0.39, 0.29) is 29.4 Å². The molecular formula is C34H39FN4O2. The van der Waals surface area contributed by atoms with Crippen LogP contribution in [-0.2, 0) is 24.1 Å². The van der Waals surface area contributed by atoms with Crippen molar-refractivity contribution >= 4 is 17.4 Å². The molecule has 41 heavy (non-hydrogen) atoms. The lowest BCUT2D eigenvalue weighted by molar-refractivity contribution is 0.0664. The molecule has 3 aliphatic rings. The molecule has 0 unspecified atom stereocenters. The van der Waals surface area contributed by atoms with Crippen molar-refractivity contribution in [1.29, 1.82) is 0 Å². The third-order valence-electron chi connectivity index (χ3n) is 8.20. The molecule has 2 fully saturated rings. The maximum atomic E-state index is 14.0. The van der Waals surface area contributed by atoms with Gasteiger partial charge in [-0.2, -0.15) is 0 Å². The monoisotopic (exact) mass is 559 g/mol. The first-order valence-corrected chi connectivity index (χ1v) is 14.4. The minimum Gasteiger partial charge on any atom is -0.381 e. The molecule has 6 rings (SSSR count). The quantitative estimate of drug-likeness (QED) is 0.455. The number of anilines is 1. The Labute approximate surface area is 249 Å². The molecule has 7 heteroatoms. The largest absolute Gasteiger partial charge is 0.381 e. The number of hydrogen-bond acceptors (Lipinski definition) is 5. The van der Waals surface area contributed by atoms with Gasteiger partial charge in [-0.05, 0) is 110 Å². The van der Waals surface area contributed by atoms with Crippen LogP contribution in [0.3, 0.4) is 0 Å². The van der Waals surface area contributed by atoms with Gasteiger partial charge in [0.2, 0.25) is 0 Å². The Kier molecular flexibility index (Phi) is 6.54. The molecule has 0 aromatic heterocycles. The second-order valence-electron chi connectivity index (χ2n) is 11.3. The third kappa shape index (κ3) is 6.52. The Hall–Kier alpha value is -3.55. The number of ether oxygens (including phenoxy) is 1. The number of nitrogens with one attached hydrogen (secondary N) is 1. The first-order valence-electron chi connectivity index (χ1n) is 16.9. The molecule has 0 atom stereocenters. The van der Waals surface area contributed by atoms with Crippen LogP contribution in [0.25, 0.3) is 0 Å². The summed E-state index contributed by atoms with van der Waals surface area (Å²) in [4.78, 5) is 21.9. The smallest absolute Gasteiger partial charge is 0.257 e. The number of carbonyl (C=O) groups is 1. The van der Waals surface area contributed by atoms with Crippen molar-refractivity contribution in [3.05, 3.63) is 99.3 Å². The summed E-state index contributed by atoms with van der Waals surface area (Å²) in [6.45, 7) is 2.72. The number of benzene rings is 3. The normalized spacial score (nSPS) is 19.9. The summed E-state index contributed by atoms with van der Waals surface area (Å²) in [5.41, 5.74) is 5.78. The summed E-state index contributed by atoms with van der Waals surface area (Å²) in [7, 11) is 0. The number of hydrogen-bond donors (Lipinski definition) is 1. The Morgan fingerprint density at radius 2 is 1.95 bits per heavy atom. The predicted octanol–water partition coefficient (Wildman–Crippen LogP) is 5.14. The summed E-state index contributed by atoms with van der Waals surface area (Å²) in [6, 6.07) is 12.7. The Bertz CT molecular complexity index is 1640. The summed E-state index contributed by atoms with van der Waals surface area (Å²) < 4.78 is 60.9. The summed E-state index contributed by atoms with van der Waals surface area (Å²) in [5.74, 6) is -0.00810. The molecule has 1 N–H and O–H groups in total. The number of nitrogens with zero attached hydrogens (tertiary/aromatic N) is 3. The van der Waals surface area contributed by atoms with Gasteiger partial charge in [0, 0.05) is 60.3 Å². The van der Waals surface area contributed by atoms with Crippen molar-refractivity contribution < 1.29 is 20.8 Å². The van der Waals surface area contributed by atoms with Crippen molar-refractivity contribution in [1.82, 2.24) is 10.2 Å². The molecule has 3 aliphatic heterocycles. The molecule has 214 valence electrons. The minimum absolute atomic E-state index is 0.0645. The van der Waals surface area contributed by atoms with Crippen LogP contribution < -0.4 is 10.2 Å². The molecule has 1 amide bonds. The van der Waals surface area contributed by atoms with E-state index in [0.717, 1.165) is 40.7 Å². The van der Waals surface area contributed by atoms with Crippen molar-refractivity contribution in [2.75, 3.05) is 51.3 Å². The van der Waals surface area contributed by atoms with Crippen LogP contribution in [0.1, 0.15) is 63.4 Å². The Morgan fingerprint density at radius 1 is 1.12 bits per heavy atom. The van der Waals surface area contributed by atoms with Crippen LogP contribution in [0.5, 0.6) is 0 Å². The lowest BCUT2D eigenvalue weighted by Gasteiger charge is -2.34. The van der Waals surface area contributed by atoms with E-state index in [1.165, 1.54) is 17.0 Å². The number of likely N-dealkylation sites (N-methyl/N-ethyl adjacent to an activating group) is 1. The van der Waals surface area contributed by atoms with E-state index in [4.69, 9.17) is 10.2 Å². The van der Waals surface area contributed by atoms with Gasteiger partial charge in [0.15, 0.2) is 0 Å². The molecule has 3 aromatic rings. The topological polar surface area (TPSA) is 57.2 Å². The van der Waals surface area contributed by atoms with Crippen molar-refractivity contribution in [3.8, 4) is 0 Å². The van der Waals surface area contributed by atoms with Crippen LogP contribution >= 0.6 is 0 Å². The highest BCUT2D eigenvalue weighted by atomic mass is 19.1. The maximum Gasteiger partial charge on any atom is 0.257 e. The lowest BCUT2D eigenvalue weighted by atomic mass is 9.89. The minimum atomic E-state index is -2.18. The zero-order valence-electron chi connectivity index (χ0n) is 28.4.